The Balaban J connectivity index is 1.28. The fraction of sp³-hybridized carbons (Fsp3) is 0.344. The van der Waals surface area contributed by atoms with Gasteiger partial charge >= 0.3 is 6.03 Å². The molecule has 0 aromatic heterocycles. The van der Waals surface area contributed by atoms with E-state index in [4.69, 9.17) is 5.41 Å². The molecule has 2 heterocycles. The van der Waals surface area contributed by atoms with Gasteiger partial charge in [-0.05, 0) is 60.4 Å². The number of benzene rings is 3. The standard InChI is InChI=1S/C32H35FN4O2/c33-28-14-7-9-25(21-28)22-35-31(39)36-19-16-24(17-20-36)23-37-29(34)15-8-18-32(30(37)38,26-10-3-1-4-11-26)27-12-5-2-6-13-27/h1-7,9-14,21,24,34H,8,15-20,22-23H2,(H,35,39). The Kier molecular flexibility index (Phi) is 8.05. The van der Waals surface area contributed by atoms with Gasteiger partial charge in [-0.15, -0.1) is 0 Å². The van der Waals surface area contributed by atoms with Gasteiger partial charge in [-0.25, -0.2) is 9.18 Å². The highest BCUT2D eigenvalue weighted by Crippen LogP contribution is 2.41. The summed E-state index contributed by atoms with van der Waals surface area (Å²) in [5, 5.41) is 11.7. The van der Waals surface area contributed by atoms with Crippen molar-refractivity contribution in [2.75, 3.05) is 19.6 Å². The van der Waals surface area contributed by atoms with Crippen LogP contribution in [0.25, 0.3) is 0 Å². The first kappa shape index (κ1) is 26.6. The fourth-order valence-electron chi connectivity index (χ4n) is 5.97. The summed E-state index contributed by atoms with van der Waals surface area (Å²) in [6.07, 6.45) is 3.49. The number of carbonyl (C=O) groups is 2. The Labute approximate surface area is 229 Å². The average molecular weight is 527 g/mol. The Hall–Kier alpha value is -4.00. The first-order valence-corrected chi connectivity index (χ1v) is 13.7. The van der Waals surface area contributed by atoms with Gasteiger partial charge in [-0.2, -0.15) is 0 Å². The second kappa shape index (κ2) is 11.8. The molecule has 2 fully saturated rings. The number of piperidine rings is 1. The number of hydrogen-bond donors (Lipinski definition) is 2. The molecule has 0 bridgehead atoms. The number of urea groups is 1. The van der Waals surface area contributed by atoms with Gasteiger partial charge in [0.15, 0.2) is 0 Å². The zero-order valence-corrected chi connectivity index (χ0v) is 22.1. The van der Waals surface area contributed by atoms with E-state index in [1.54, 1.807) is 21.9 Å². The van der Waals surface area contributed by atoms with Crippen LogP contribution in [0, 0.1) is 17.1 Å². The maximum absolute atomic E-state index is 14.5. The summed E-state index contributed by atoms with van der Waals surface area (Å²) < 4.78 is 13.4. The van der Waals surface area contributed by atoms with Crippen molar-refractivity contribution in [3.63, 3.8) is 0 Å². The van der Waals surface area contributed by atoms with Crippen LogP contribution in [0.5, 0.6) is 0 Å². The number of likely N-dealkylation sites (tertiary alicyclic amines) is 2. The number of nitrogens with zero attached hydrogens (tertiary/aromatic N) is 2. The van der Waals surface area contributed by atoms with Crippen molar-refractivity contribution in [1.82, 2.24) is 15.1 Å². The van der Waals surface area contributed by atoms with Gasteiger partial charge in [-0.1, -0.05) is 72.8 Å². The minimum absolute atomic E-state index is 0.0299. The highest BCUT2D eigenvalue weighted by atomic mass is 19.1. The Morgan fingerprint density at radius 1 is 0.949 bits per heavy atom. The number of halogens is 1. The van der Waals surface area contributed by atoms with Crippen molar-refractivity contribution in [2.24, 2.45) is 5.92 Å². The number of amidine groups is 1. The van der Waals surface area contributed by atoms with Crippen LogP contribution in [0.2, 0.25) is 0 Å². The monoisotopic (exact) mass is 526 g/mol. The van der Waals surface area contributed by atoms with E-state index < -0.39 is 5.41 Å². The fourth-order valence-corrected chi connectivity index (χ4v) is 5.97. The molecule has 39 heavy (non-hydrogen) atoms. The smallest absolute Gasteiger partial charge is 0.317 e. The van der Waals surface area contributed by atoms with E-state index in [0.717, 1.165) is 36.0 Å². The quantitative estimate of drug-likeness (QED) is 0.431. The molecule has 2 saturated heterocycles. The lowest BCUT2D eigenvalue weighted by Crippen LogP contribution is -2.51. The lowest BCUT2D eigenvalue weighted by atomic mass is 9.70. The van der Waals surface area contributed by atoms with Crippen LogP contribution < -0.4 is 5.32 Å². The second-order valence-electron chi connectivity index (χ2n) is 10.6. The molecule has 6 nitrogen and oxygen atoms in total. The van der Waals surface area contributed by atoms with E-state index in [1.165, 1.54) is 12.1 Å². The maximum atomic E-state index is 14.5. The lowest BCUT2D eigenvalue weighted by Gasteiger charge is -2.39. The van der Waals surface area contributed by atoms with Gasteiger partial charge in [0, 0.05) is 32.6 Å². The van der Waals surface area contributed by atoms with Crippen molar-refractivity contribution in [1.29, 1.82) is 5.41 Å². The molecule has 3 aromatic carbocycles. The number of carbonyl (C=O) groups excluding carboxylic acids is 2. The third-order valence-electron chi connectivity index (χ3n) is 8.11. The molecule has 0 unspecified atom stereocenters. The first-order chi connectivity index (χ1) is 19.0. The molecule has 2 N–H and O–H groups in total. The molecular formula is C32H35FN4O2. The summed E-state index contributed by atoms with van der Waals surface area (Å²) >= 11 is 0. The lowest BCUT2D eigenvalue weighted by molar-refractivity contribution is -0.132. The van der Waals surface area contributed by atoms with Crippen LogP contribution in [0.15, 0.2) is 84.9 Å². The van der Waals surface area contributed by atoms with E-state index in [1.807, 2.05) is 60.7 Å². The van der Waals surface area contributed by atoms with E-state index >= 15 is 0 Å². The number of amides is 3. The summed E-state index contributed by atoms with van der Waals surface area (Å²) in [4.78, 5) is 30.7. The highest BCUT2D eigenvalue weighted by molar-refractivity contribution is 6.04. The van der Waals surface area contributed by atoms with Crippen molar-refractivity contribution < 1.29 is 14.0 Å². The van der Waals surface area contributed by atoms with E-state index in [2.05, 4.69) is 5.32 Å². The summed E-state index contributed by atoms with van der Waals surface area (Å²) in [5.41, 5.74) is 1.82. The second-order valence-corrected chi connectivity index (χ2v) is 10.6. The molecule has 2 aliphatic rings. The first-order valence-electron chi connectivity index (χ1n) is 13.7. The van der Waals surface area contributed by atoms with Crippen LogP contribution in [-0.4, -0.2) is 47.2 Å². The minimum Gasteiger partial charge on any atom is -0.334 e. The van der Waals surface area contributed by atoms with Crippen molar-refractivity contribution in [2.45, 2.75) is 44.1 Å². The van der Waals surface area contributed by atoms with Gasteiger partial charge in [0.25, 0.3) is 0 Å². The van der Waals surface area contributed by atoms with Crippen LogP contribution in [-0.2, 0) is 16.8 Å². The van der Waals surface area contributed by atoms with E-state index in [9.17, 15) is 14.0 Å². The Bertz CT molecular complexity index is 1270. The summed E-state index contributed by atoms with van der Waals surface area (Å²) in [7, 11) is 0. The number of rotatable bonds is 6. The predicted molar refractivity (Wildman–Crippen MR) is 150 cm³/mol. The Morgan fingerprint density at radius 2 is 1.59 bits per heavy atom. The summed E-state index contributed by atoms with van der Waals surface area (Å²) in [5.74, 6) is 0.227. The van der Waals surface area contributed by atoms with Crippen molar-refractivity contribution in [3.05, 3.63) is 107 Å². The summed E-state index contributed by atoms with van der Waals surface area (Å²) in [6.45, 7) is 1.92. The maximum Gasteiger partial charge on any atom is 0.317 e. The van der Waals surface area contributed by atoms with Crippen LogP contribution >= 0.6 is 0 Å². The van der Waals surface area contributed by atoms with Gasteiger partial charge in [-0.3, -0.25) is 15.1 Å². The largest absolute Gasteiger partial charge is 0.334 e. The molecular weight excluding hydrogens is 491 g/mol. The normalized spacial score (nSPS) is 18.1. The molecule has 0 saturated carbocycles. The third-order valence-corrected chi connectivity index (χ3v) is 8.11. The van der Waals surface area contributed by atoms with Crippen molar-refractivity contribution in [3.8, 4) is 0 Å². The molecule has 0 spiro atoms. The zero-order valence-electron chi connectivity index (χ0n) is 22.1. The molecule has 0 radical (unpaired) electrons. The van der Waals surface area contributed by atoms with Crippen molar-refractivity contribution >= 4 is 17.8 Å². The van der Waals surface area contributed by atoms with E-state index in [-0.39, 0.29) is 30.2 Å². The summed E-state index contributed by atoms with van der Waals surface area (Å²) in [6, 6.07) is 26.0. The van der Waals surface area contributed by atoms with Gasteiger partial charge < -0.3 is 10.2 Å². The molecule has 5 rings (SSSR count). The van der Waals surface area contributed by atoms with Crippen LogP contribution in [0.4, 0.5) is 9.18 Å². The average Bonchev–Trinajstić information content (AvgIpc) is 3.09. The molecule has 202 valence electrons. The highest BCUT2D eigenvalue weighted by Gasteiger charge is 2.47. The molecule has 2 aliphatic heterocycles. The van der Waals surface area contributed by atoms with E-state index in [0.29, 0.717) is 38.3 Å². The molecule has 0 aliphatic carbocycles. The predicted octanol–water partition coefficient (Wildman–Crippen LogP) is 5.72. The number of nitrogens with one attached hydrogen (secondary N) is 2. The third kappa shape index (κ3) is 5.72. The zero-order chi connectivity index (χ0) is 27.2. The minimum atomic E-state index is -0.831. The van der Waals surface area contributed by atoms with Gasteiger partial charge in [0.2, 0.25) is 5.91 Å². The number of hydrogen-bond acceptors (Lipinski definition) is 3. The van der Waals surface area contributed by atoms with Crippen LogP contribution in [0.3, 0.4) is 0 Å². The SMILES string of the molecule is N=C1CCCC(c2ccccc2)(c2ccccc2)C(=O)N1CC1CCN(C(=O)NCc2cccc(F)c2)CC1. The van der Waals surface area contributed by atoms with Gasteiger partial charge in [0.05, 0.1) is 5.41 Å². The Morgan fingerprint density at radius 3 is 2.21 bits per heavy atom. The topological polar surface area (TPSA) is 76.5 Å². The molecule has 3 aromatic rings. The van der Waals surface area contributed by atoms with Gasteiger partial charge in [0.1, 0.15) is 11.7 Å². The molecule has 3 amide bonds. The molecule has 0 atom stereocenters. The van der Waals surface area contributed by atoms with Crippen LogP contribution in [0.1, 0.15) is 48.8 Å². The molecule has 7 heteroatoms.